The molecule has 0 spiro atoms. The van der Waals surface area contributed by atoms with Crippen molar-refractivity contribution in [2.24, 2.45) is 0 Å². The summed E-state index contributed by atoms with van der Waals surface area (Å²) in [4.78, 5) is 10.8. The monoisotopic (exact) mass is 823 g/mol. The van der Waals surface area contributed by atoms with Crippen LogP contribution in [0.3, 0.4) is 0 Å². The number of hydrogen-bond donors (Lipinski definition) is 0. The van der Waals surface area contributed by atoms with E-state index in [0.717, 1.165) is 25.7 Å². The van der Waals surface area contributed by atoms with Crippen LogP contribution in [-0.2, 0) is 25.7 Å². The van der Waals surface area contributed by atoms with Crippen LogP contribution >= 0.6 is 0 Å². The summed E-state index contributed by atoms with van der Waals surface area (Å²) in [5, 5.41) is 0. The van der Waals surface area contributed by atoms with Gasteiger partial charge >= 0.3 is 0 Å². The largest absolute Gasteiger partial charge is 0.314 e. The van der Waals surface area contributed by atoms with E-state index in [-0.39, 0.29) is 12.3 Å². The van der Waals surface area contributed by atoms with Crippen LogP contribution in [0.2, 0.25) is 0 Å². The first-order valence-corrected chi connectivity index (χ1v) is 23.8. The van der Waals surface area contributed by atoms with Crippen molar-refractivity contribution in [3.05, 3.63) is 166 Å². The lowest BCUT2D eigenvalue weighted by Crippen LogP contribution is -2.58. The Kier molecular flexibility index (Phi) is 12.3. The van der Waals surface area contributed by atoms with Gasteiger partial charge in [0.15, 0.2) is 12.3 Å². The number of fused-ring (bicyclic) bond motifs is 2. The molecule has 0 bridgehead atoms. The number of rotatable bonds is 13. The average molecular weight is 823 g/mol. The van der Waals surface area contributed by atoms with E-state index in [9.17, 15) is 0 Å². The van der Waals surface area contributed by atoms with Crippen LogP contribution in [0.4, 0.5) is 45.5 Å². The lowest BCUT2D eigenvalue weighted by molar-refractivity contribution is 0.549. The van der Waals surface area contributed by atoms with E-state index in [1.54, 1.807) is 0 Å². The Labute approximate surface area is 374 Å². The molecule has 62 heavy (non-hydrogen) atoms. The van der Waals surface area contributed by atoms with Crippen LogP contribution in [-0.4, -0.2) is 12.3 Å². The van der Waals surface area contributed by atoms with Gasteiger partial charge in [-0.1, -0.05) is 132 Å². The first kappa shape index (κ1) is 43.2. The van der Waals surface area contributed by atoms with Gasteiger partial charge in [-0.3, -0.25) is 0 Å². The molecule has 6 aromatic carbocycles. The molecule has 0 radical (unpaired) electrons. The van der Waals surface area contributed by atoms with Gasteiger partial charge in [-0.25, -0.2) is 0 Å². The molecule has 0 unspecified atom stereocenters. The molecule has 0 N–H and O–H groups in total. The van der Waals surface area contributed by atoms with E-state index in [2.05, 4.69) is 224 Å². The second-order valence-corrected chi connectivity index (χ2v) is 18.9. The van der Waals surface area contributed by atoms with E-state index < -0.39 is 0 Å². The van der Waals surface area contributed by atoms with Crippen LogP contribution in [0.5, 0.6) is 0 Å². The topological polar surface area (TPSA) is 13.0 Å². The Morgan fingerprint density at radius 2 is 0.484 bits per heavy atom. The average Bonchev–Trinajstić information content (AvgIpc) is 3.79. The Morgan fingerprint density at radius 3 is 0.629 bits per heavy atom. The summed E-state index contributed by atoms with van der Waals surface area (Å²) < 4.78 is 0. The first-order valence-electron chi connectivity index (χ1n) is 23.8. The summed E-state index contributed by atoms with van der Waals surface area (Å²) in [5.74, 6) is 1.77. The predicted octanol–water partition coefficient (Wildman–Crippen LogP) is 16.4. The van der Waals surface area contributed by atoms with Crippen molar-refractivity contribution in [1.29, 1.82) is 0 Å². The van der Waals surface area contributed by atoms with Crippen LogP contribution in [0.15, 0.2) is 121 Å². The quantitative estimate of drug-likeness (QED) is 0.115. The van der Waals surface area contributed by atoms with Gasteiger partial charge in [-0.05, 0) is 167 Å². The molecular formula is C58H70N4. The molecule has 0 saturated heterocycles. The number of nitrogens with zero attached hydrogens (tertiary/aromatic N) is 4. The van der Waals surface area contributed by atoms with Gasteiger partial charge in [0.05, 0.1) is 22.7 Å². The highest BCUT2D eigenvalue weighted by Gasteiger charge is 2.52. The molecule has 0 aliphatic carbocycles. The molecule has 8 rings (SSSR count). The molecule has 4 nitrogen and oxygen atoms in total. The molecule has 2 heterocycles. The van der Waals surface area contributed by atoms with Gasteiger partial charge in [-0.15, -0.1) is 0 Å². The van der Waals surface area contributed by atoms with E-state index in [4.69, 9.17) is 0 Å². The van der Waals surface area contributed by atoms with E-state index >= 15 is 0 Å². The summed E-state index contributed by atoms with van der Waals surface area (Å²) >= 11 is 0. The molecule has 322 valence electrons. The van der Waals surface area contributed by atoms with Crippen molar-refractivity contribution in [2.45, 2.75) is 145 Å². The molecular weight excluding hydrogens is 753 g/mol. The van der Waals surface area contributed by atoms with Crippen molar-refractivity contribution < 1.29 is 0 Å². The minimum atomic E-state index is -0.186. The Balaban J connectivity index is 1.49. The van der Waals surface area contributed by atoms with Crippen LogP contribution in [0.1, 0.15) is 151 Å². The van der Waals surface area contributed by atoms with E-state index in [0.29, 0.717) is 23.7 Å². The molecule has 2 aliphatic heterocycles. The van der Waals surface area contributed by atoms with Gasteiger partial charge in [0, 0.05) is 22.7 Å². The van der Waals surface area contributed by atoms with Gasteiger partial charge in [0.1, 0.15) is 0 Å². The predicted molar refractivity (Wildman–Crippen MR) is 269 cm³/mol. The maximum Gasteiger partial charge on any atom is 0.151 e. The Morgan fingerprint density at radius 1 is 0.306 bits per heavy atom. The van der Waals surface area contributed by atoms with Crippen LogP contribution in [0, 0.1) is 0 Å². The fourth-order valence-corrected chi connectivity index (χ4v) is 10.00. The zero-order valence-electron chi connectivity index (χ0n) is 39.6. The second-order valence-electron chi connectivity index (χ2n) is 18.9. The lowest BCUT2D eigenvalue weighted by Gasteiger charge is -2.44. The Bertz CT molecular complexity index is 2130. The molecule has 0 aromatic heterocycles. The molecule has 0 saturated carbocycles. The van der Waals surface area contributed by atoms with E-state index in [1.807, 2.05) is 0 Å². The third kappa shape index (κ3) is 7.69. The highest BCUT2D eigenvalue weighted by Crippen LogP contribution is 2.57. The number of anilines is 8. The van der Waals surface area contributed by atoms with Gasteiger partial charge < -0.3 is 19.6 Å². The molecule has 0 atom stereocenters. The normalized spacial score (nSPS) is 14.4. The number of aryl methyl sites for hydroxylation is 4. The standard InChI is InChI=1S/C58H70N4/c1-13-41-33-53-54(34-42(41)14-2)60(50-27-19-46(20-28-50)38(7)8)57(59(53)49-25-17-45(18-26-49)37(5)6)58-61(51-29-21-47(22-30-51)39(9)10)55-35-43(15-3)44(16-4)36-56(55)62(58)52-31-23-48(24-32-52)40(11)12/h17-40,57-58H,13-16H2,1-12H3. The fourth-order valence-electron chi connectivity index (χ4n) is 10.00. The summed E-state index contributed by atoms with van der Waals surface area (Å²) in [7, 11) is 0. The zero-order chi connectivity index (χ0) is 44.0. The van der Waals surface area contributed by atoms with Crippen molar-refractivity contribution in [3.8, 4) is 0 Å². The summed E-state index contributed by atoms with van der Waals surface area (Å²) in [6, 6.07) is 48.0. The molecule has 4 heteroatoms. The number of benzene rings is 6. The van der Waals surface area contributed by atoms with Crippen molar-refractivity contribution in [3.63, 3.8) is 0 Å². The first-order chi connectivity index (χ1) is 29.9. The molecule has 0 amide bonds. The second kappa shape index (κ2) is 17.7. The minimum Gasteiger partial charge on any atom is -0.314 e. The minimum absolute atomic E-state index is 0.186. The fraction of sp³-hybridized carbons (Fsp3) is 0.379. The zero-order valence-corrected chi connectivity index (χ0v) is 39.6. The third-order valence-corrected chi connectivity index (χ3v) is 13.8. The van der Waals surface area contributed by atoms with Crippen LogP contribution in [0.25, 0.3) is 0 Å². The van der Waals surface area contributed by atoms with Crippen molar-refractivity contribution in [2.75, 3.05) is 19.6 Å². The van der Waals surface area contributed by atoms with E-state index in [1.165, 1.54) is 90.0 Å². The third-order valence-electron chi connectivity index (χ3n) is 13.8. The highest BCUT2D eigenvalue weighted by molar-refractivity contribution is 5.95. The Hall–Kier alpha value is -5.48. The lowest BCUT2D eigenvalue weighted by atomic mass is 10.00. The maximum absolute atomic E-state index is 2.69. The summed E-state index contributed by atoms with van der Waals surface area (Å²) in [6.45, 7) is 27.6. The SMILES string of the molecule is CCc1cc2c(cc1CC)N(c1ccc(C(C)C)cc1)C(C1N(c3ccc(C(C)C)cc3)c3cc(CC)c(CC)cc3N1c1ccc(C(C)C)cc1)N2c1ccc(C(C)C)cc1. The molecule has 0 fully saturated rings. The van der Waals surface area contributed by atoms with Crippen LogP contribution < -0.4 is 19.6 Å². The van der Waals surface area contributed by atoms with Gasteiger partial charge in [0.2, 0.25) is 0 Å². The van der Waals surface area contributed by atoms with Crippen molar-refractivity contribution >= 4 is 45.5 Å². The maximum atomic E-state index is 2.69. The molecule has 6 aromatic rings. The van der Waals surface area contributed by atoms with Gasteiger partial charge in [0.25, 0.3) is 0 Å². The number of hydrogen-bond acceptors (Lipinski definition) is 4. The molecule has 2 aliphatic rings. The smallest absolute Gasteiger partial charge is 0.151 e. The summed E-state index contributed by atoms with van der Waals surface area (Å²) in [5.41, 5.74) is 21.0. The summed E-state index contributed by atoms with van der Waals surface area (Å²) in [6.07, 6.45) is 3.58. The van der Waals surface area contributed by atoms with Gasteiger partial charge in [-0.2, -0.15) is 0 Å². The van der Waals surface area contributed by atoms with Crippen molar-refractivity contribution in [1.82, 2.24) is 0 Å². The highest BCUT2D eigenvalue weighted by atomic mass is 15.5.